The van der Waals surface area contributed by atoms with E-state index >= 15 is 0 Å². The van der Waals surface area contributed by atoms with Crippen molar-refractivity contribution in [2.45, 2.75) is 61.4 Å². The topological polar surface area (TPSA) is 111 Å². The van der Waals surface area contributed by atoms with Crippen LogP contribution in [0.2, 0.25) is 0 Å². The lowest BCUT2D eigenvalue weighted by Crippen LogP contribution is -2.33. The zero-order valence-corrected chi connectivity index (χ0v) is 14.9. The molecule has 1 aromatic rings. The molecular formula is C16H21FN2O6S. The molecule has 0 bridgehead atoms. The second-order valence-corrected chi connectivity index (χ2v) is 7.90. The molecular weight excluding hydrogens is 367 g/mol. The van der Waals surface area contributed by atoms with Gasteiger partial charge in [-0.25, -0.2) is 9.59 Å². The Kier molecular flexibility index (Phi) is 6.02. The van der Waals surface area contributed by atoms with Crippen molar-refractivity contribution in [3.05, 3.63) is 32.9 Å². The first kappa shape index (κ1) is 19.0. The Morgan fingerprint density at radius 3 is 2.73 bits per heavy atom. The van der Waals surface area contributed by atoms with E-state index in [9.17, 15) is 23.9 Å². The Morgan fingerprint density at radius 1 is 1.31 bits per heavy atom. The summed E-state index contributed by atoms with van der Waals surface area (Å²) in [6.45, 7) is -0.275. The molecule has 0 aromatic carbocycles. The summed E-state index contributed by atoms with van der Waals surface area (Å²) in [7, 11) is 0. The highest BCUT2D eigenvalue weighted by molar-refractivity contribution is 8.00. The summed E-state index contributed by atoms with van der Waals surface area (Å²) in [6.07, 6.45) is 4.20. The molecule has 3 atom stereocenters. The molecule has 10 heteroatoms. The normalized spacial score (nSPS) is 26.6. The Labute approximate surface area is 152 Å². The molecule has 2 fully saturated rings. The number of hydrogen-bond acceptors (Lipinski definition) is 7. The second kappa shape index (κ2) is 8.26. The van der Waals surface area contributed by atoms with Gasteiger partial charge in [0, 0.05) is 6.42 Å². The number of aromatic nitrogens is 2. The molecule has 1 aromatic heterocycles. The Balaban J connectivity index is 1.65. The fourth-order valence-corrected chi connectivity index (χ4v) is 4.72. The molecule has 2 heterocycles. The minimum absolute atomic E-state index is 0.149. The number of halogens is 1. The number of carbonyl (C=O) groups is 1. The second-order valence-electron chi connectivity index (χ2n) is 6.48. The van der Waals surface area contributed by atoms with Crippen LogP contribution in [0, 0.1) is 5.82 Å². The maximum atomic E-state index is 13.5. The standard InChI is InChI=1S/C16H21FN2O6S/c17-10-7-19(15(22)18-14(10)21)13-6-11(12(8-20)26-13)25-16(23)24-9-4-2-1-3-5-9/h7,9,11-13,20H,1-6,8H2,(H,18,21,22)/t11-,12+,13+/m0/s1. The fourth-order valence-electron chi connectivity index (χ4n) is 3.30. The van der Waals surface area contributed by atoms with Crippen molar-refractivity contribution in [2.75, 3.05) is 6.61 Å². The van der Waals surface area contributed by atoms with Crippen LogP contribution in [0.15, 0.2) is 15.8 Å². The van der Waals surface area contributed by atoms with Crippen LogP contribution < -0.4 is 11.2 Å². The molecule has 2 N–H and O–H groups in total. The van der Waals surface area contributed by atoms with Crippen LogP contribution in [0.3, 0.4) is 0 Å². The number of nitrogens with zero attached hydrogens (tertiary/aromatic N) is 1. The summed E-state index contributed by atoms with van der Waals surface area (Å²) in [4.78, 5) is 37.0. The van der Waals surface area contributed by atoms with Gasteiger partial charge in [-0.3, -0.25) is 14.3 Å². The van der Waals surface area contributed by atoms with E-state index in [1.54, 1.807) is 0 Å². The summed E-state index contributed by atoms with van der Waals surface area (Å²) in [5.41, 5.74) is -1.84. The summed E-state index contributed by atoms with van der Waals surface area (Å²) < 4.78 is 25.2. The van der Waals surface area contributed by atoms with Crippen LogP contribution in [0.5, 0.6) is 0 Å². The number of aromatic amines is 1. The summed E-state index contributed by atoms with van der Waals surface area (Å²) in [6, 6.07) is 0. The third-order valence-electron chi connectivity index (χ3n) is 4.66. The van der Waals surface area contributed by atoms with Gasteiger partial charge >= 0.3 is 11.8 Å². The van der Waals surface area contributed by atoms with Gasteiger partial charge in [-0.05, 0) is 25.7 Å². The largest absolute Gasteiger partial charge is 0.508 e. The van der Waals surface area contributed by atoms with Gasteiger partial charge in [-0.1, -0.05) is 6.42 Å². The number of rotatable bonds is 4. The predicted octanol–water partition coefficient (Wildman–Crippen LogP) is 1.53. The van der Waals surface area contributed by atoms with Crippen molar-refractivity contribution in [2.24, 2.45) is 0 Å². The van der Waals surface area contributed by atoms with Gasteiger partial charge in [0.2, 0.25) is 5.82 Å². The fraction of sp³-hybridized carbons (Fsp3) is 0.688. The molecule has 26 heavy (non-hydrogen) atoms. The van der Waals surface area contributed by atoms with Gasteiger partial charge in [0.25, 0.3) is 5.56 Å². The van der Waals surface area contributed by atoms with Gasteiger partial charge in [0.05, 0.1) is 23.4 Å². The number of carbonyl (C=O) groups excluding carboxylic acids is 1. The molecule has 3 rings (SSSR count). The van der Waals surface area contributed by atoms with E-state index < -0.39 is 39.9 Å². The van der Waals surface area contributed by atoms with E-state index in [4.69, 9.17) is 9.47 Å². The van der Waals surface area contributed by atoms with Crippen LogP contribution >= 0.6 is 11.8 Å². The van der Waals surface area contributed by atoms with Crippen molar-refractivity contribution in [1.29, 1.82) is 0 Å². The van der Waals surface area contributed by atoms with Gasteiger partial charge in [0.15, 0.2) is 0 Å². The molecule has 0 radical (unpaired) electrons. The van der Waals surface area contributed by atoms with Crippen molar-refractivity contribution >= 4 is 17.9 Å². The maximum absolute atomic E-state index is 13.5. The molecule has 1 saturated heterocycles. The zero-order valence-electron chi connectivity index (χ0n) is 14.1. The highest BCUT2D eigenvalue weighted by Crippen LogP contribution is 2.42. The zero-order chi connectivity index (χ0) is 18.7. The molecule has 0 amide bonds. The predicted molar refractivity (Wildman–Crippen MR) is 91.6 cm³/mol. The minimum Gasteiger partial charge on any atom is -0.431 e. The molecule has 8 nitrogen and oxygen atoms in total. The third kappa shape index (κ3) is 4.29. The molecule has 0 spiro atoms. The smallest absolute Gasteiger partial charge is 0.431 e. The van der Waals surface area contributed by atoms with Crippen molar-refractivity contribution in [3.63, 3.8) is 0 Å². The highest BCUT2D eigenvalue weighted by Gasteiger charge is 2.39. The summed E-state index contributed by atoms with van der Waals surface area (Å²) in [5, 5.41) is 8.49. The van der Waals surface area contributed by atoms with E-state index in [1.165, 1.54) is 11.8 Å². The van der Waals surface area contributed by atoms with Crippen molar-refractivity contribution in [1.82, 2.24) is 9.55 Å². The quantitative estimate of drug-likeness (QED) is 0.753. The van der Waals surface area contributed by atoms with E-state index in [0.717, 1.165) is 42.9 Å². The average Bonchev–Trinajstić information content (AvgIpc) is 3.01. The van der Waals surface area contributed by atoms with E-state index in [-0.39, 0.29) is 19.1 Å². The highest BCUT2D eigenvalue weighted by atomic mass is 32.2. The summed E-state index contributed by atoms with van der Waals surface area (Å²) in [5.74, 6) is -1.08. The van der Waals surface area contributed by atoms with Gasteiger partial charge < -0.3 is 14.6 Å². The lowest BCUT2D eigenvalue weighted by atomic mass is 9.98. The van der Waals surface area contributed by atoms with Gasteiger partial charge in [0.1, 0.15) is 12.2 Å². The Hall–Kier alpha value is -1.81. The SMILES string of the molecule is O=C(OC1CCCCC1)O[C@H]1C[C@H](n2cc(F)c(=O)[nH]c2=O)S[C@@H]1CO. The Morgan fingerprint density at radius 2 is 2.04 bits per heavy atom. The van der Waals surface area contributed by atoms with Crippen LogP contribution in [-0.4, -0.2) is 44.9 Å². The molecule has 1 saturated carbocycles. The molecule has 2 aliphatic rings. The first-order chi connectivity index (χ1) is 12.5. The average molecular weight is 388 g/mol. The number of H-pyrrole nitrogens is 1. The molecule has 1 aliphatic carbocycles. The molecule has 0 unspecified atom stereocenters. The monoisotopic (exact) mass is 388 g/mol. The van der Waals surface area contributed by atoms with Crippen LogP contribution in [0.25, 0.3) is 0 Å². The van der Waals surface area contributed by atoms with E-state index in [1.807, 2.05) is 4.98 Å². The summed E-state index contributed by atoms with van der Waals surface area (Å²) >= 11 is 1.18. The number of aliphatic hydroxyl groups excluding tert-OH is 1. The molecule has 144 valence electrons. The number of hydrogen-bond donors (Lipinski definition) is 2. The first-order valence-corrected chi connectivity index (χ1v) is 9.56. The third-order valence-corrected chi connectivity index (χ3v) is 6.19. The number of aliphatic hydroxyl groups is 1. The lowest BCUT2D eigenvalue weighted by molar-refractivity contribution is -0.0146. The molecule has 1 aliphatic heterocycles. The number of thioether (sulfide) groups is 1. The van der Waals surface area contributed by atoms with Crippen LogP contribution in [0.1, 0.15) is 43.9 Å². The minimum atomic E-state index is -1.09. The van der Waals surface area contributed by atoms with Crippen molar-refractivity contribution in [3.8, 4) is 0 Å². The lowest BCUT2D eigenvalue weighted by Gasteiger charge is -2.23. The van der Waals surface area contributed by atoms with Gasteiger partial charge in [-0.15, -0.1) is 11.8 Å². The maximum Gasteiger partial charge on any atom is 0.508 e. The first-order valence-electron chi connectivity index (χ1n) is 8.62. The number of ether oxygens (including phenoxy) is 2. The van der Waals surface area contributed by atoms with E-state index in [2.05, 4.69) is 0 Å². The van der Waals surface area contributed by atoms with E-state index in [0.29, 0.717) is 0 Å². The van der Waals surface area contributed by atoms with Crippen molar-refractivity contribution < 1.29 is 23.8 Å². The van der Waals surface area contributed by atoms with Crippen LogP contribution in [-0.2, 0) is 9.47 Å². The Bertz CT molecular complexity index is 760. The van der Waals surface area contributed by atoms with Gasteiger partial charge in [-0.2, -0.15) is 4.39 Å². The van der Waals surface area contributed by atoms with Crippen LogP contribution in [0.4, 0.5) is 9.18 Å². The number of nitrogens with one attached hydrogen (secondary N) is 1.